The topological polar surface area (TPSA) is 68.5 Å². The first-order valence-corrected chi connectivity index (χ1v) is 7.91. The molecule has 0 atom stereocenters. The molecule has 0 aromatic heterocycles. The molecule has 0 aliphatic heterocycles. The molecule has 0 aliphatic rings. The lowest BCUT2D eigenvalue weighted by atomic mass is 10.1. The summed E-state index contributed by atoms with van der Waals surface area (Å²) in [5.74, 6) is -0.174. The summed E-state index contributed by atoms with van der Waals surface area (Å²) in [6.45, 7) is 2.22. The maximum atomic E-state index is 13.3. The molecule has 0 N–H and O–H groups in total. The lowest BCUT2D eigenvalue weighted by molar-refractivity contribution is -0.139. The zero-order valence-corrected chi connectivity index (χ0v) is 14.5. The molecule has 0 spiro atoms. The number of carbonyl (C=O) groups is 1. The third-order valence-corrected chi connectivity index (χ3v) is 3.44. The van der Waals surface area contributed by atoms with Crippen molar-refractivity contribution in [1.82, 2.24) is 0 Å². The van der Waals surface area contributed by atoms with Gasteiger partial charge in [-0.05, 0) is 48.9 Å². The minimum atomic E-state index is -0.798. The molecule has 0 fully saturated rings. The fourth-order valence-corrected chi connectivity index (χ4v) is 2.21. The number of carbonyl (C=O) groups excluding carboxylic acids is 1. The van der Waals surface area contributed by atoms with Gasteiger partial charge in [-0.3, -0.25) is 0 Å². The Labute approximate surface area is 151 Å². The van der Waals surface area contributed by atoms with E-state index in [2.05, 4.69) is 0 Å². The Balaban J connectivity index is 2.09. The number of rotatable bonds is 7. The average Bonchev–Trinajstić information content (AvgIpc) is 2.65. The van der Waals surface area contributed by atoms with Gasteiger partial charge in [-0.2, -0.15) is 5.26 Å². The van der Waals surface area contributed by atoms with Crippen molar-refractivity contribution in [3.8, 4) is 17.6 Å². The van der Waals surface area contributed by atoms with Crippen LogP contribution in [0.15, 0.2) is 48.0 Å². The van der Waals surface area contributed by atoms with E-state index in [-0.39, 0.29) is 12.2 Å². The van der Waals surface area contributed by atoms with Gasteiger partial charge >= 0.3 is 5.97 Å². The van der Waals surface area contributed by atoms with E-state index < -0.39 is 11.8 Å². The van der Waals surface area contributed by atoms with Crippen molar-refractivity contribution in [1.29, 1.82) is 5.26 Å². The quantitative estimate of drug-likeness (QED) is 0.428. The molecule has 0 saturated heterocycles. The van der Waals surface area contributed by atoms with Crippen molar-refractivity contribution in [2.45, 2.75) is 13.5 Å². The van der Waals surface area contributed by atoms with E-state index >= 15 is 0 Å². The summed E-state index contributed by atoms with van der Waals surface area (Å²) in [6, 6.07) is 12.7. The number of halogens is 1. The molecule has 2 rings (SSSR count). The first-order valence-electron chi connectivity index (χ1n) is 7.91. The minimum Gasteiger partial charge on any atom is -0.496 e. The summed E-state index contributed by atoms with van der Waals surface area (Å²) in [5.41, 5.74) is 0.869. The molecule has 134 valence electrons. The third kappa shape index (κ3) is 5.08. The van der Waals surface area contributed by atoms with Crippen molar-refractivity contribution < 1.29 is 23.4 Å². The standard InChI is InChI=1S/C20H18FNO4/c1-3-25-18-7-4-14(5-8-18)10-15(12-22)20(23)26-13-16-11-17(21)6-9-19(16)24-2/h4-11H,3,13H2,1-2H3/b15-10+. The number of methoxy groups -OCH3 is 1. The fourth-order valence-electron chi connectivity index (χ4n) is 2.21. The highest BCUT2D eigenvalue weighted by atomic mass is 19.1. The first kappa shape index (κ1) is 19.0. The summed E-state index contributed by atoms with van der Waals surface area (Å²) >= 11 is 0. The molecule has 6 heteroatoms. The Morgan fingerprint density at radius 3 is 2.58 bits per heavy atom. The lowest BCUT2D eigenvalue weighted by Gasteiger charge is -2.09. The molecular weight excluding hydrogens is 337 g/mol. The van der Waals surface area contributed by atoms with Gasteiger partial charge in [-0.15, -0.1) is 0 Å². The number of hydrogen-bond acceptors (Lipinski definition) is 5. The van der Waals surface area contributed by atoms with E-state index in [0.29, 0.717) is 29.2 Å². The van der Waals surface area contributed by atoms with E-state index in [4.69, 9.17) is 14.2 Å². The molecule has 0 aliphatic carbocycles. The smallest absolute Gasteiger partial charge is 0.349 e. The molecule has 2 aromatic carbocycles. The fraction of sp³-hybridized carbons (Fsp3) is 0.200. The number of hydrogen-bond donors (Lipinski definition) is 0. The van der Waals surface area contributed by atoms with Gasteiger partial charge in [-0.25, -0.2) is 9.18 Å². The van der Waals surface area contributed by atoms with Gasteiger partial charge in [0, 0.05) is 5.56 Å². The Morgan fingerprint density at radius 1 is 1.23 bits per heavy atom. The Hall–Kier alpha value is -3.33. The molecule has 5 nitrogen and oxygen atoms in total. The molecule has 0 saturated carbocycles. The number of nitriles is 1. The normalized spacial score (nSPS) is 10.8. The number of ether oxygens (including phenoxy) is 3. The predicted octanol–water partition coefficient (Wildman–Crippen LogP) is 3.88. The molecular formula is C20H18FNO4. The van der Waals surface area contributed by atoms with Gasteiger partial charge in [0.05, 0.1) is 13.7 Å². The Bertz CT molecular complexity index is 838. The summed E-state index contributed by atoms with van der Waals surface area (Å²) in [7, 11) is 1.44. The van der Waals surface area contributed by atoms with Crippen molar-refractivity contribution in [2.75, 3.05) is 13.7 Å². The van der Waals surface area contributed by atoms with Crippen LogP contribution in [0.1, 0.15) is 18.1 Å². The SMILES string of the molecule is CCOc1ccc(/C=C(\C#N)C(=O)OCc2cc(F)ccc2OC)cc1. The maximum Gasteiger partial charge on any atom is 0.349 e. The molecule has 2 aromatic rings. The van der Waals surface area contributed by atoms with Crippen molar-refractivity contribution in [3.63, 3.8) is 0 Å². The van der Waals surface area contributed by atoms with Crippen LogP contribution in [0, 0.1) is 17.1 Å². The first-order chi connectivity index (χ1) is 12.6. The van der Waals surface area contributed by atoms with Crippen LogP contribution < -0.4 is 9.47 Å². The van der Waals surface area contributed by atoms with Crippen molar-refractivity contribution in [3.05, 3.63) is 65.0 Å². The predicted molar refractivity (Wildman–Crippen MR) is 93.9 cm³/mol. The second-order valence-electron chi connectivity index (χ2n) is 5.20. The second kappa shape index (κ2) is 9.23. The summed E-state index contributed by atoms with van der Waals surface area (Å²) in [4.78, 5) is 12.1. The van der Waals surface area contributed by atoms with Crippen LogP contribution in [0.5, 0.6) is 11.5 Å². The van der Waals surface area contributed by atoms with Gasteiger partial charge in [0.15, 0.2) is 0 Å². The zero-order valence-electron chi connectivity index (χ0n) is 14.5. The molecule has 0 radical (unpaired) electrons. The van der Waals surface area contributed by atoms with Crippen LogP contribution in [0.2, 0.25) is 0 Å². The number of esters is 1. The zero-order chi connectivity index (χ0) is 18.9. The van der Waals surface area contributed by atoms with E-state index in [1.165, 1.54) is 31.4 Å². The van der Waals surface area contributed by atoms with E-state index in [9.17, 15) is 14.4 Å². The molecule has 26 heavy (non-hydrogen) atoms. The summed E-state index contributed by atoms with van der Waals surface area (Å²) in [6.07, 6.45) is 1.42. The highest BCUT2D eigenvalue weighted by molar-refractivity contribution is 5.97. The minimum absolute atomic E-state index is 0.162. The average molecular weight is 355 g/mol. The third-order valence-electron chi connectivity index (χ3n) is 3.44. The van der Waals surface area contributed by atoms with Crippen LogP contribution in [-0.2, 0) is 16.1 Å². The molecule has 0 unspecified atom stereocenters. The largest absolute Gasteiger partial charge is 0.496 e. The van der Waals surface area contributed by atoms with Gasteiger partial charge in [-0.1, -0.05) is 12.1 Å². The van der Waals surface area contributed by atoms with E-state index in [1.807, 2.05) is 13.0 Å². The van der Waals surface area contributed by atoms with Crippen molar-refractivity contribution in [2.24, 2.45) is 0 Å². The highest BCUT2D eigenvalue weighted by Gasteiger charge is 2.13. The van der Waals surface area contributed by atoms with E-state index in [1.54, 1.807) is 24.3 Å². The monoisotopic (exact) mass is 355 g/mol. The Kier molecular flexibility index (Phi) is 6.75. The van der Waals surface area contributed by atoms with Crippen LogP contribution in [-0.4, -0.2) is 19.7 Å². The van der Waals surface area contributed by atoms with Crippen LogP contribution in [0.3, 0.4) is 0 Å². The van der Waals surface area contributed by atoms with E-state index in [0.717, 1.165) is 0 Å². The lowest BCUT2D eigenvalue weighted by Crippen LogP contribution is -2.07. The van der Waals surface area contributed by atoms with Crippen LogP contribution >= 0.6 is 0 Å². The number of nitrogens with zero attached hydrogens (tertiary/aromatic N) is 1. The molecule has 0 heterocycles. The van der Waals surface area contributed by atoms with Gasteiger partial charge < -0.3 is 14.2 Å². The highest BCUT2D eigenvalue weighted by Crippen LogP contribution is 2.21. The van der Waals surface area contributed by atoms with Crippen molar-refractivity contribution >= 4 is 12.0 Å². The Morgan fingerprint density at radius 2 is 1.96 bits per heavy atom. The second-order valence-corrected chi connectivity index (χ2v) is 5.20. The number of benzene rings is 2. The van der Waals surface area contributed by atoms with Crippen LogP contribution in [0.25, 0.3) is 6.08 Å². The van der Waals surface area contributed by atoms with Gasteiger partial charge in [0.1, 0.15) is 35.6 Å². The summed E-state index contributed by atoms with van der Waals surface area (Å²) < 4.78 is 28.9. The van der Waals surface area contributed by atoms with Crippen LogP contribution in [0.4, 0.5) is 4.39 Å². The molecule has 0 amide bonds. The van der Waals surface area contributed by atoms with Gasteiger partial charge in [0.2, 0.25) is 0 Å². The summed E-state index contributed by atoms with van der Waals surface area (Å²) in [5, 5.41) is 9.21. The maximum absolute atomic E-state index is 13.3. The van der Waals surface area contributed by atoms with Gasteiger partial charge in [0.25, 0.3) is 0 Å². The molecule has 0 bridgehead atoms.